The number of nitrogens with one attached hydrogen (secondary N) is 4. The number of halogens is 4. The van der Waals surface area contributed by atoms with Gasteiger partial charge in [-0.1, -0.05) is 11.6 Å². The molecule has 3 fully saturated rings. The Balaban J connectivity index is 1.53. The van der Waals surface area contributed by atoms with Crippen molar-refractivity contribution < 1.29 is 37.1 Å². The third kappa shape index (κ3) is 6.83. The Hall–Kier alpha value is -3.15. The van der Waals surface area contributed by atoms with Crippen molar-refractivity contribution in [3.05, 3.63) is 28.8 Å². The van der Waals surface area contributed by atoms with Crippen LogP contribution in [-0.2, 0) is 19.2 Å². The highest BCUT2D eigenvalue weighted by atomic mass is 35.5. The van der Waals surface area contributed by atoms with E-state index in [1.54, 1.807) is 6.92 Å². The average Bonchev–Trinajstić information content (AvgIpc) is 3.74. The van der Waals surface area contributed by atoms with Crippen LogP contribution in [0.5, 0.6) is 0 Å². The minimum atomic E-state index is -4.54. The minimum absolute atomic E-state index is 0.0576. The SMILES string of the molecule is C[C@@H]1C[C@@H](CC(NC(=O)c2cc(Cl)ccc2NC(=O)C2(CC(F)(F)F)CC2)C(=O)C(=O)NC2CC2)C(=O)N1. The normalized spacial score (nSPS) is 22.7. The maximum absolute atomic E-state index is 13.3. The molecule has 38 heavy (non-hydrogen) atoms. The van der Waals surface area contributed by atoms with Gasteiger partial charge in [0.1, 0.15) is 0 Å². The molecule has 2 aliphatic carbocycles. The number of ketones is 1. The fourth-order valence-electron chi connectivity index (χ4n) is 4.64. The molecule has 1 unspecified atom stereocenters. The summed E-state index contributed by atoms with van der Waals surface area (Å²) in [6.45, 7) is 1.79. The molecule has 4 N–H and O–H groups in total. The van der Waals surface area contributed by atoms with E-state index in [4.69, 9.17) is 11.6 Å². The summed E-state index contributed by atoms with van der Waals surface area (Å²) in [5.74, 6) is -4.49. The molecule has 3 aliphatic rings. The first-order valence-corrected chi connectivity index (χ1v) is 12.8. The highest BCUT2D eigenvalue weighted by molar-refractivity contribution is 6.38. The molecule has 0 spiro atoms. The van der Waals surface area contributed by atoms with Gasteiger partial charge in [-0.15, -0.1) is 0 Å². The zero-order valence-corrected chi connectivity index (χ0v) is 21.3. The van der Waals surface area contributed by atoms with Crippen molar-refractivity contribution in [3.63, 3.8) is 0 Å². The van der Waals surface area contributed by atoms with E-state index >= 15 is 0 Å². The average molecular weight is 557 g/mol. The number of carbonyl (C=O) groups is 5. The molecule has 13 heteroatoms. The van der Waals surface area contributed by atoms with Crippen LogP contribution in [0.3, 0.4) is 0 Å². The van der Waals surface area contributed by atoms with Crippen molar-refractivity contribution in [1.82, 2.24) is 16.0 Å². The van der Waals surface area contributed by atoms with Crippen LogP contribution in [0, 0.1) is 11.3 Å². The Kier molecular flexibility index (Phi) is 7.74. The van der Waals surface area contributed by atoms with Gasteiger partial charge in [0, 0.05) is 23.0 Å². The lowest BCUT2D eigenvalue weighted by Gasteiger charge is -2.22. The van der Waals surface area contributed by atoms with Gasteiger partial charge in [-0.05, 0) is 63.6 Å². The van der Waals surface area contributed by atoms with Gasteiger partial charge in [0.2, 0.25) is 17.6 Å². The van der Waals surface area contributed by atoms with Crippen LogP contribution in [0.1, 0.15) is 62.2 Å². The zero-order chi connectivity index (χ0) is 27.8. The third-order valence-corrected chi connectivity index (χ3v) is 7.26. The molecular weight excluding hydrogens is 529 g/mol. The predicted molar refractivity (Wildman–Crippen MR) is 130 cm³/mol. The first kappa shape index (κ1) is 27.9. The lowest BCUT2D eigenvalue weighted by molar-refractivity contribution is -0.155. The molecule has 1 aromatic carbocycles. The van der Waals surface area contributed by atoms with Gasteiger partial charge >= 0.3 is 6.18 Å². The largest absolute Gasteiger partial charge is 0.390 e. The van der Waals surface area contributed by atoms with Crippen molar-refractivity contribution in [2.45, 2.75) is 76.2 Å². The van der Waals surface area contributed by atoms with Crippen LogP contribution in [0.25, 0.3) is 0 Å². The van der Waals surface area contributed by atoms with E-state index in [0.29, 0.717) is 6.42 Å². The van der Waals surface area contributed by atoms with E-state index in [0.717, 1.165) is 12.8 Å². The number of rotatable bonds is 10. The summed E-state index contributed by atoms with van der Waals surface area (Å²) in [6.07, 6.45) is -3.95. The molecule has 0 bridgehead atoms. The second-order valence-electron chi connectivity index (χ2n) is 10.4. The summed E-state index contributed by atoms with van der Waals surface area (Å²) in [5, 5.41) is 10.3. The molecule has 4 rings (SSSR count). The van der Waals surface area contributed by atoms with Gasteiger partial charge in [-0.2, -0.15) is 13.2 Å². The van der Waals surface area contributed by atoms with Crippen LogP contribution >= 0.6 is 11.6 Å². The van der Waals surface area contributed by atoms with Crippen LogP contribution in [-0.4, -0.2) is 53.7 Å². The highest BCUT2D eigenvalue weighted by Crippen LogP contribution is 2.53. The standard InChI is InChI=1S/C25H28ClF3N4O5/c1-12-8-13(20(35)30-12)9-18(19(34)22(37)31-15-3-4-15)32-21(36)16-10-14(26)2-5-17(16)33-23(38)24(6-7-24)11-25(27,28)29/h2,5,10,12-13,15,18H,3-4,6-9,11H2,1H3,(H,30,35)(H,31,37)(H,32,36)(H,33,38)/t12-,13+,18?/m1/s1. The molecule has 206 valence electrons. The van der Waals surface area contributed by atoms with Crippen molar-refractivity contribution in [1.29, 1.82) is 0 Å². The molecule has 2 saturated carbocycles. The molecule has 4 amide bonds. The summed E-state index contributed by atoms with van der Waals surface area (Å²) < 4.78 is 38.9. The number of anilines is 1. The zero-order valence-electron chi connectivity index (χ0n) is 20.5. The summed E-state index contributed by atoms with van der Waals surface area (Å²) in [4.78, 5) is 63.8. The van der Waals surface area contributed by atoms with Gasteiger partial charge in [0.05, 0.1) is 29.1 Å². The molecule has 1 aromatic rings. The summed E-state index contributed by atoms with van der Waals surface area (Å²) >= 11 is 6.05. The molecule has 1 heterocycles. The molecule has 1 saturated heterocycles. The van der Waals surface area contributed by atoms with E-state index < -0.39 is 53.5 Å². The van der Waals surface area contributed by atoms with Crippen LogP contribution in [0.15, 0.2) is 18.2 Å². The monoisotopic (exact) mass is 556 g/mol. The Morgan fingerprint density at radius 2 is 1.87 bits per heavy atom. The van der Waals surface area contributed by atoms with Gasteiger partial charge in [-0.25, -0.2) is 0 Å². The first-order valence-electron chi connectivity index (χ1n) is 12.4. The van der Waals surface area contributed by atoms with Crippen molar-refractivity contribution >= 4 is 46.7 Å². The predicted octanol–water partition coefficient (Wildman–Crippen LogP) is 2.87. The Morgan fingerprint density at radius 3 is 2.42 bits per heavy atom. The van der Waals surface area contributed by atoms with E-state index in [2.05, 4.69) is 21.3 Å². The molecule has 0 radical (unpaired) electrons. The number of alkyl halides is 3. The number of Topliss-reactive ketones (excluding diaryl/α,β-unsaturated/α-hetero) is 1. The fraction of sp³-hybridized carbons (Fsp3) is 0.560. The van der Waals surface area contributed by atoms with Crippen molar-refractivity contribution in [3.8, 4) is 0 Å². The lowest BCUT2D eigenvalue weighted by atomic mass is 9.93. The maximum atomic E-state index is 13.3. The Bertz CT molecular complexity index is 1170. The van der Waals surface area contributed by atoms with E-state index in [1.165, 1.54) is 18.2 Å². The minimum Gasteiger partial charge on any atom is -0.353 e. The van der Waals surface area contributed by atoms with Gasteiger partial charge < -0.3 is 21.3 Å². The summed E-state index contributed by atoms with van der Waals surface area (Å²) in [6, 6.07) is 2.23. The number of hydrogen-bond acceptors (Lipinski definition) is 5. The van der Waals surface area contributed by atoms with Gasteiger partial charge in [-0.3, -0.25) is 24.0 Å². The molecule has 1 aliphatic heterocycles. The first-order chi connectivity index (χ1) is 17.8. The second-order valence-corrected chi connectivity index (χ2v) is 10.9. The number of hydrogen-bond donors (Lipinski definition) is 4. The fourth-order valence-corrected chi connectivity index (χ4v) is 4.81. The molecule has 3 atom stereocenters. The Morgan fingerprint density at radius 1 is 1.18 bits per heavy atom. The van der Waals surface area contributed by atoms with E-state index in [9.17, 15) is 37.1 Å². The summed E-state index contributed by atoms with van der Waals surface area (Å²) in [7, 11) is 0. The molecule has 0 aromatic heterocycles. The van der Waals surface area contributed by atoms with Gasteiger partial charge in [0.25, 0.3) is 11.8 Å². The smallest absolute Gasteiger partial charge is 0.353 e. The maximum Gasteiger partial charge on any atom is 0.390 e. The topological polar surface area (TPSA) is 133 Å². The van der Waals surface area contributed by atoms with Crippen molar-refractivity contribution in [2.24, 2.45) is 11.3 Å². The highest BCUT2D eigenvalue weighted by Gasteiger charge is 2.56. The summed E-state index contributed by atoms with van der Waals surface area (Å²) in [5.41, 5.74) is -1.89. The van der Waals surface area contributed by atoms with Gasteiger partial charge in [0.15, 0.2) is 0 Å². The molecule has 9 nitrogen and oxygen atoms in total. The van der Waals surface area contributed by atoms with Crippen LogP contribution < -0.4 is 21.3 Å². The molecular formula is C25H28ClF3N4O5. The third-order valence-electron chi connectivity index (χ3n) is 7.02. The van der Waals surface area contributed by atoms with Crippen LogP contribution in [0.4, 0.5) is 18.9 Å². The van der Waals surface area contributed by atoms with Crippen LogP contribution in [0.2, 0.25) is 5.02 Å². The van der Waals surface area contributed by atoms with Crippen molar-refractivity contribution in [2.75, 3.05) is 5.32 Å². The lowest BCUT2D eigenvalue weighted by Crippen LogP contribution is -2.49. The number of carbonyl (C=O) groups excluding carboxylic acids is 5. The number of amides is 4. The second kappa shape index (κ2) is 10.5. The van der Waals surface area contributed by atoms with E-state index in [-0.39, 0.29) is 53.5 Å². The quantitative estimate of drug-likeness (QED) is 0.329. The Labute approximate surface area is 221 Å². The van der Waals surface area contributed by atoms with E-state index in [1.807, 2.05) is 0 Å². The number of benzene rings is 1.